The largest absolute Gasteiger partial charge is 0.494 e. The van der Waals surface area contributed by atoms with Gasteiger partial charge in [-0.2, -0.15) is 0 Å². The van der Waals surface area contributed by atoms with Crippen molar-refractivity contribution < 1.29 is 9.53 Å². The molecular weight excluding hydrogens is 508 g/mol. The molecule has 2 atom stereocenters. The molecule has 200 valence electrons. The molecule has 4 aromatic rings. The molecule has 0 unspecified atom stereocenters. The van der Waals surface area contributed by atoms with E-state index in [0.717, 1.165) is 34.9 Å². The van der Waals surface area contributed by atoms with Crippen LogP contribution in [0.5, 0.6) is 5.75 Å². The number of methoxy groups -OCH3 is 1. The van der Waals surface area contributed by atoms with E-state index in [1.807, 2.05) is 67.8 Å². The van der Waals surface area contributed by atoms with Gasteiger partial charge in [0.05, 0.1) is 30.6 Å². The maximum atomic E-state index is 12.1. The van der Waals surface area contributed by atoms with E-state index in [9.17, 15) is 4.79 Å². The average molecular weight is 541 g/mol. The van der Waals surface area contributed by atoms with Gasteiger partial charge in [-0.25, -0.2) is 0 Å². The quantitative estimate of drug-likeness (QED) is 0.287. The lowest BCUT2D eigenvalue weighted by atomic mass is 9.96. The summed E-state index contributed by atoms with van der Waals surface area (Å²) in [6, 6.07) is 17.7. The first-order valence-electron chi connectivity index (χ1n) is 12.9. The maximum absolute atomic E-state index is 12.1. The van der Waals surface area contributed by atoms with E-state index in [1.165, 1.54) is 5.56 Å². The van der Waals surface area contributed by atoms with Crippen LogP contribution >= 0.6 is 12.2 Å². The van der Waals surface area contributed by atoms with Crippen LogP contribution in [0.2, 0.25) is 0 Å². The summed E-state index contributed by atoms with van der Waals surface area (Å²) < 4.78 is 7.99. The zero-order chi connectivity index (χ0) is 27.5. The van der Waals surface area contributed by atoms with Crippen LogP contribution in [0.25, 0.3) is 0 Å². The number of hydrogen-bond acceptors (Lipinski definition) is 5. The van der Waals surface area contributed by atoms with Crippen molar-refractivity contribution in [3.8, 4) is 5.75 Å². The predicted octanol–water partition coefficient (Wildman–Crippen LogP) is 5.48. The first kappa shape index (κ1) is 26.4. The van der Waals surface area contributed by atoms with Gasteiger partial charge in [0.1, 0.15) is 5.75 Å². The van der Waals surface area contributed by atoms with Crippen LogP contribution in [0.3, 0.4) is 0 Å². The minimum atomic E-state index is -0.168. The Hall–Kier alpha value is -4.24. The summed E-state index contributed by atoms with van der Waals surface area (Å²) in [6.45, 7) is 6.85. The lowest BCUT2D eigenvalue weighted by Crippen LogP contribution is -2.29. The molecule has 3 aromatic heterocycles. The van der Waals surface area contributed by atoms with Gasteiger partial charge < -0.3 is 24.8 Å². The number of aromatic nitrogens is 3. The van der Waals surface area contributed by atoms with Crippen LogP contribution in [0.1, 0.15) is 53.6 Å². The Labute approximate surface area is 234 Å². The van der Waals surface area contributed by atoms with Crippen LogP contribution < -0.4 is 20.3 Å². The fourth-order valence-electron chi connectivity index (χ4n) is 5.16. The number of carbonyl (C=O) groups is 1. The fourth-order valence-corrected chi connectivity index (χ4v) is 5.51. The number of hydrogen-bond donors (Lipinski definition) is 2. The van der Waals surface area contributed by atoms with Crippen molar-refractivity contribution in [2.45, 2.75) is 45.8 Å². The lowest BCUT2D eigenvalue weighted by molar-refractivity contribution is -0.115. The number of aryl methyl sites for hydroxylation is 1. The van der Waals surface area contributed by atoms with Crippen molar-refractivity contribution in [2.24, 2.45) is 0 Å². The Morgan fingerprint density at radius 2 is 1.90 bits per heavy atom. The highest BCUT2D eigenvalue weighted by molar-refractivity contribution is 7.80. The standard InChI is InChI=1S/C30H32N6O2S/c1-5-27(37)33-24-10-9-22(17-26(24)38-4)36-29(28(34-30(36)39)25-8-6-7-13-32-25)23-16-19(2)35(20(23)3)18-21-11-14-31-15-12-21/h6-17,28-29H,5,18H2,1-4H3,(H,33,37)(H,34,39)/t28-,29-/m1/s1. The normalized spacial score (nSPS) is 16.7. The highest BCUT2D eigenvalue weighted by Gasteiger charge is 2.42. The summed E-state index contributed by atoms with van der Waals surface area (Å²) in [7, 11) is 1.60. The molecule has 1 aliphatic heterocycles. The van der Waals surface area contributed by atoms with Gasteiger partial charge in [0.25, 0.3) is 0 Å². The lowest BCUT2D eigenvalue weighted by Gasteiger charge is -2.29. The second-order valence-corrected chi connectivity index (χ2v) is 9.94. The van der Waals surface area contributed by atoms with Crippen LogP contribution in [0.4, 0.5) is 11.4 Å². The zero-order valence-electron chi connectivity index (χ0n) is 22.5. The van der Waals surface area contributed by atoms with E-state index in [1.54, 1.807) is 13.3 Å². The Morgan fingerprint density at radius 3 is 2.59 bits per heavy atom. The van der Waals surface area contributed by atoms with Crippen LogP contribution in [-0.2, 0) is 11.3 Å². The van der Waals surface area contributed by atoms with E-state index < -0.39 is 0 Å². The second kappa shape index (κ2) is 11.2. The minimum absolute atomic E-state index is 0.0749. The number of pyridine rings is 2. The third kappa shape index (κ3) is 5.22. The molecule has 39 heavy (non-hydrogen) atoms. The molecule has 5 rings (SSSR count). The van der Waals surface area contributed by atoms with Crippen molar-refractivity contribution in [3.63, 3.8) is 0 Å². The Balaban J connectivity index is 1.60. The summed E-state index contributed by atoms with van der Waals surface area (Å²) in [4.78, 5) is 23.0. The van der Waals surface area contributed by atoms with Crippen molar-refractivity contribution in [1.29, 1.82) is 0 Å². The topological polar surface area (TPSA) is 84.3 Å². The monoisotopic (exact) mass is 540 g/mol. The third-order valence-electron chi connectivity index (χ3n) is 7.18. The van der Waals surface area contributed by atoms with E-state index in [2.05, 4.69) is 50.0 Å². The predicted molar refractivity (Wildman–Crippen MR) is 157 cm³/mol. The molecule has 1 fully saturated rings. The zero-order valence-corrected chi connectivity index (χ0v) is 23.3. The molecule has 0 saturated carbocycles. The average Bonchev–Trinajstić information content (AvgIpc) is 3.45. The van der Waals surface area contributed by atoms with E-state index >= 15 is 0 Å². The molecule has 1 saturated heterocycles. The Bertz CT molecular complexity index is 1490. The molecule has 4 heterocycles. The van der Waals surface area contributed by atoms with Gasteiger partial charge in [-0.15, -0.1) is 0 Å². The Kier molecular flexibility index (Phi) is 7.60. The van der Waals surface area contributed by atoms with Gasteiger partial charge in [0.2, 0.25) is 5.91 Å². The highest BCUT2D eigenvalue weighted by Crippen LogP contribution is 2.44. The number of nitrogens with zero attached hydrogens (tertiary/aromatic N) is 4. The third-order valence-corrected chi connectivity index (χ3v) is 7.49. The molecule has 1 amide bonds. The number of thiocarbonyl (C=S) groups is 1. The first-order chi connectivity index (χ1) is 18.9. The van der Waals surface area contributed by atoms with Gasteiger partial charge in [-0.3, -0.25) is 14.8 Å². The van der Waals surface area contributed by atoms with Gasteiger partial charge >= 0.3 is 0 Å². The van der Waals surface area contributed by atoms with Crippen LogP contribution in [-0.4, -0.2) is 32.7 Å². The summed E-state index contributed by atoms with van der Waals surface area (Å²) in [5, 5.41) is 7.04. The Morgan fingerprint density at radius 1 is 1.10 bits per heavy atom. The minimum Gasteiger partial charge on any atom is -0.494 e. The molecular formula is C30H32N6O2S. The molecule has 2 N–H and O–H groups in total. The first-order valence-corrected chi connectivity index (χ1v) is 13.4. The number of rotatable bonds is 8. The van der Waals surface area contributed by atoms with Crippen molar-refractivity contribution in [3.05, 3.63) is 101 Å². The van der Waals surface area contributed by atoms with Crippen molar-refractivity contribution in [1.82, 2.24) is 19.9 Å². The number of anilines is 2. The molecule has 8 nitrogen and oxygen atoms in total. The van der Waals surface area contributed by atoms with Crippen molar-refractivity contribution in [2.75, 3.05) is 17.3 Å². The molecule has 0 spiro atoms. The van der Waals surface area contributed by atoms with E-state index in [4.69, 9.17) is 17.0 Å². The number of carbonyl (C=O) groups excluding carboxylic acids is 1. The van der Waals surface area contributed by atoms with Gasteiger partial charge in [0, 0.05) is 54.7 Å². The molecule has 1 aliphatic rings. The molecule has 0 radical (unpaired) electrons. The summed E-state index contributed by atoms with van der Waals surface area (Å²) >= 11 is 5.93. The van der Waals surface area contributed by atoms with Crippen LogP contribution in [0, 0.1) is 13.8 Å². The van der Waals surface area contributed by atoms with E-state index in [0.29, 0.717) is 23.0 Å². The fraction of sp³-hybridized carbons (Fsp3) is 0.267. The summed E-state index contributed by atoms with van der Waals surface area (Å²) in [5.74, 6) is 0.495. The molecule has 9 heteroatoms. The number of nitrogens with one attached hydrogen (secondary N) is 2. The number of benzene rings is 1. The smallest absolute Gasteiger partial charge is 0.224 e. The SMILES string of the molecule is CCC(=O)Nc1ccc(N2C(=S)N[C@H](c3ccccn3)[C@H]2c2cc(C)n(Cc3ccncc3)c2C)cc1OC. The summed E-state index contributed by atoms with van der Waals surface area (Å²) in [6.07, 6.45) is 5.83. The molecule has 0 bridgehead atoms. The molecule has 1 aromatic carbocycles. The summed E-state index contributed by atoms with van der Waals surface area (Å²) in [5.41, 5.74) is 7.06. The number of amides is 1. The van der Waals surface area contributed by atoms with Crippen molar-refractivity contribution >= 4 is 34.6 Å². The van der Waals surface area contributed by atoms with E-state index in [-0.39, 0.29) is 18.0 Å². The second-order valence-electron chi connectivity index (χ2n) is 9.55. The van der Waals surface area contributed by atoms with Crippen LogP contribution in [0.15, 0.2) is 73.2 Å². The van der Waals surface area contributed by atoms with Gasteiger partial charge in [0.15, 0.2) is 5.11 Å². The molecule has 0 aliphatic carbocycles. The highest BCUT2D eigenvalue weighted by atomic mass is 32.1. The van der Waals surface area contributed by atoms with Gasteiger partial charge in [-0.05, 0) is 79.7 Å². The maximum Gasteiger partial charge on any atom is 0.224 e. The number of ether oxygens (including phenoxy) is 1. The van der Waals surface area contributed by atoms with Gasteiger partial charge in [-0.1, -0.05) is 13.0 Å².